The van der Waals surface area contributed by atoms with E-state index in [1.807, 2.05) is 47.9 Å². The summed E-state index contributed by atoms with van der Waals surface area (Å²) in [4.78, 5) is 12.3. The van der Waals surface area contributed by atoms with Crippen molar-refractivity contribution < 1.29 is 23.1 Å². The molecule has 0 radical (unpaired) electrons. The van der Waals surface area contributed by atoms with Crippen LogP contribution in [-0.2, 0) is 25.8 Å². The molecule has 0 aliphatic heterocycles. The Morgan fingerprint density at radius 2 is 1.72 bits per heavy atom. The van der Waals surface area contributed by atoms with Gasteiger partial charge in [0.15, 0.2) is 9.84 Å². The van der Waals surface area contributed by atoms with Gasteiger partial charge in [0.2, 0.25) is 0 Å². The van der Waals surface area contributed by atoms with Gasteiger partial charge in [-0.25, -0.2) is 8.42 Å². The lowest BCUT2D eigenvalue weighted by atomic mass is 10.1. The maximum atomic E-state index is 12.1. The first-order valence-electron chi connectivity index (χ1n) is 9.15. The summed E-state index contributed by atoms with van der Waals surface area (Å²) >= 11 is 0. The Kier molecular flexibility index (Phi) is 6.20. The molecule has 0 saturated heterocycles. The van der Waals surface area contributed by atoms with Gasteiger partial charge in [-0.05, 0) is 48.4 Å². The SMILES string of the molecule is Cc1c(CC(=O)OCCO)cc(-c2ccc(S(C)(=O)=O)cc2)n1-c1ccccc1. The third kappa shape index (κ3) is 4.75. The van der Waals surface area contributed by atoms with Crippen LogP contribution in [0.5, 0.6) is 0 Å². The molecule has 3 rings (SSSR count). The zero-order valence-corrected chi connectivity index (χ0v) is 17.1. The Hall–Kier alpha value is -2.90. The molecule has 3 aromatic rings. The minimum Gasteiger partial charge on any atom is -0.463 e. The standard InChI is InChI=1S/C22H23NO5S/c1-16-18(15-22(25)28-13-12-24)14-21(23(16)19-6-4-3-5-7-19)17-8-10-20(11-9-17)29(2,26)27/h3-11,14,24H,12-13,15H2,1-2H3. The normalized spacial score (nSPS) is 11.4. The van der Waals surface area contributed by atoms with Crippen LogP contribution in [0.4, 0.5) is 0 Å². The second-order valence-corrected chi connectivity index (χ2v) is 8.74. The molecule has 0 atom stereocenters. The maximum absolute atomic E-state index is 12.1. The van der Waals surface area contributed by atoms with Crippen molar-refractivity contribution in [3.63, 3.8) is 0 Å². The minimum atomic E-state index is -3.28. The van der Waals surface area contributed by atoms with Gasteiger partial charge < -0.3 is 14.4 Å². The fourth-order valence-corrected chi connectivity index (χ4v) is 3.83. The number of aliphatic hydroxyl groups is 1. The minimum absolute atomic E-state index is 0.0307. The van der Waals surface area contributed by atoms with Crippen LogP contribution in [0.2, 0.25) is 0 Å². The molecule has 0 aliphatic carbocycles. The topological polar surface area (TPSA) is 85.6 Å². The molecule has 0 bridgehead atoms. The Bertz CT molecular complexity index is 1100. The maximum Gasteiger partial charge on any atom is 0.310 e. The number of hydrogen-bond acceptors (Lipinski definition) is 5. The molecule has 7 heteroatoms. The number of nitrogens with zero attached hydrogens (tertiary/aromatic N) is 1. The molecule has 6 nitrogen and oxygen atoms in total. The predicted octanol–water partition coefficient (Wildman–Crippen LogP) is 2.93. The molecule has 0 aliphatic rings. The summed E-state index contributed by atoms with van der Waals surface area (Å²) in [7, 11) is -3.28. The van der Waals surface area contributed by atoms with Crippen LogP contribution in [0.3, 0.4) is 0 Å². The van der Waals surface area contributed by atoms with Gasteiger partial charge in [-0.2, -0.15) is 0 Å². The summed E-state index contributed by atoms with van der Waals surface area (Å²) in [6.45, 7) is 1.68. The molecule has 0 unspecified atom stereocenters. The number of benzene rings is 2. The molecule has 29 heavy (non-hydrogen) atoms. The van der Waals surface area contributed by atoms with Crippen molar-refractivity contribution >= 4 is 15.8 Å². The number of hydrogen-bond donors (Lipinski definition) is 1. The highest BCUT2D eigenvalue weighted by Gasteiger charge is 2.18. The number of rotatable bonds is 7. The Morgan fingerprint density at radius 3 is 2.31 bits per heavy atom. The molecule has 152 valence electrons. The van der Waals surface area contributed by atoms with Gasteiger partial charge in [0.05, 0.1) is 23.6 Å². The smallest absolute Gasteiger partial charge is 0.310 e. The van der Waals surface area contributed by atoms with Crippen molar-refractivity contribution in [3.05, 3.63) is 71.9 Å². The number of carbonyl (C=O) groups excluding carboxylic acids is 1. The molecule has 0 saturated carbocycles. The number of sulfone groups is 1. The number of aromatic nitrogens is 1. The Morgan fingerprint density at radius 1 is 1.07 bits per heavy atom. The summed E-state index contributed by atoms with van der Waals surface area (Å²) in [5.41, 5.74) is 4.30. The van der Waals surface area contributed by atoms with Gasteiger partial charge in [-0.15, -0.1) is 0 Å². The summed E-state index contributed by atoms with van der Waals surface area (Å²) in [5, 5.41) is 8.84. The average molecular weight is 413 g/mol. The van der Waals surface area contributed by atoms with E-state index >= 15 is 0 Å². The van der Waals surface area contributed by atoms with Gasteiger partial charge >= 0.3 is 5.97 Å². The highest BCUT2D eigenvalue weighted by Crippen LogP contribution is 2.30. The molecule has 0 amide bonds. The summed E-state index contributed by atoms with van der Waals surface area (Å²) < 4.78 is 30.6. The number of aliphatic hydroxyl groups excluding tert-OH is 1. The number of para-hydroxylation sites is 1. The van der Waals surface area contributed by atoms with E-state index in [9.17, 15) is 13.2 Å². The first-order valence-corrected chi connectivity index (χ1v) is 11.0. The van der Waals surface area contributed by atoms with Crippen LogP contribution < -0.4 is 0 Å². The van der Waals surface area contributed by atoms with E-state index in [1.54, 1.807) is 24.3 Å². The zero-order valence-electron chi connectivity index (χ0n) is 16.3. The average Bonchev–Trinajstić information content (AvgIpc) is 3.02. The van der Waals surface area contributed by atoms with E-state index in [0.29, 0.717) is 0 Å². The first kappa shape index (κ1) is 20.8. The lowest BCUT2D eigenvalue weighted by Gasteiger charge is -2.13. The van der Waals surface area contributed by atoms with Crippen LogP contribution in [0, 0.1) is 6.92 Å². The second kappa shape index (κ2) is 8.63. The monoisotopic (exact) mass is 413 g/mol. The van der Waals surface area contributed by atoms with Crippen LogP contribution in [0.15, 0.2) is 65.6 Å². The first-order chi connectivity index (χ1) is 13.8. The van der Waals surface area contributed by atoms with Gasteiger partial charge in [0.25, 0.3) is 0 Å². The molecule has 0 fully saturated rings. The lowest BCUT2D eigenvalue weighted by Crippen LogP contribution is -2.11. The molecule has 1 heterocycles. The van der Waals surface area contributed by atoms with Crippen molar-refractivity contribution in [3.8, 4) is 16.9 Å². The molecule has 1 aromatic heterocycles. The van der Waals surface area contributed by atoms with Crippen molar-refractivity contribution in [2.75, 3.05) is 19.5 Å². The van der Waals surface area contributed by atoms with E-state index in [-0.39, 0.29) is 24.5 Å². The highest BCUT2D eigenvalue weighted by atomic mass is 32.2. The second-order valence-electron chi connectivity index (χ2n) is 6.73. The highest BCUT2D eigenvalue weighted by molar-refractivity contribution is 7.90. The third-order valence-corrected chi connectivity index (χ3v) is 5.76. The Balaban J connectivity index is 2.07. The number of carbonyl (C=O) groups is 1. The van der Waals surface area contributed by atoms with Gasteiger partial charge in [-0.1, -0.05) is 30.3 Å². The molecule has 2 aromatic carbocycles. The fraction of sp³-hybridized carbons (Fsp3) is 0.227. The predicted molar refractivity (Wildman–Crippen MR) is 111 cm³/mol. The molecular weight excluding hydrogens is 390 g/mol. The fourth-order valence-electron chi connectivity index (χ4n) is 3.20. The zero-order chi connectivity index (χ0) is 21.0. The summed E-state index contributed by atoms with van der Waals surface area (Å²) in [6.07, 6.45) is 1.26. The van der Waals surface area contributed by atoms with E-state index in [1.165, 1.54) is 6.26 Å². The van der Waals surface area contributed by atoms with E-state index in [0.717, 1.165) is 28.2 Å². The van der Waals surface area contributed by atoms with Crippen LogP contribution in [0.1, 0.15) is 11.3 Å². The molecular formula is C22H23NO5S. The number of ether oxygens (including phenoxy) is 1. The largest absolute Gasteiger partial charge is 0.463 e. The van der Waals surface area contributed by atoms with Crippen LogP contribution in [0.25, 0.3) is 16.9 Å². The molecule has 1 N–H and O–H groups in total. The summed E-state index contributed by atoms with van der Waals surface area (Å²) in [6, 6.07) is 18.3. The molecule has 0 spiro atoms. The quantitative estimate of drug-likeness (QED) is 0.602. The van der Waals surface area contributed by atoms with E-state index < -0.39 is 15.8 Å². The van der Waals surface area contributed by atoms with Crippen molar-refractivity contribution in [1.29, 1.82) is 0 Å². The summed E-state index contributed by atoms with van der Waals surface area (Å²) in [5.74, 6) is -0.411. The third-order valence-electron chi connectivity index (χ3n) is 4.63. The van der Waals surface area contributed by atoms with Crippen LogP contribution >= 0.6 is 0 Å². The van der Waals surface area contributed by atoms with E-state index in [2.05, 4.69) is 0 Å². The van der Waals surface area contributed by atoms with Gasteiger partial charge in [0.1, 0.15) is 6.61 Å². The number of esters is 1. The van der Waals surface area contributed by atoms with Crippen LogP contribution in [-0.4, -0.2) is 43.5 Å². The van der Waals surface area contributed by atoms with Crippen molar-refractivity contribution in [1.82, 2.24) is 4.57 Å². The van der Waals surface area contributed by atoms with Gasteiger partial charge in [-0.3, -0.25) is 4.79 Å². The van der Waals surface area contributed by atoms with Crippen molar-refractivity contribution in [2.24, 2.45) is 0 Å². The van der Waals surface area contributed by atoms with Crippen molar-refractivity contribution in [2.45, 2.75) is 18.2 Å². The Labute approximate surface area is 170 Å². The van der Waals surface area contributed by atoms with Gasteiger partial charge in [0, 0.05) is 17.6 Å². The lowest BCUT2D eigenvalue weighted by molar-refractivity contribution is -0.143. The van der Waals surface area contributed by atoms with E-state index in [4.69, 9.17) is 9.84 Å².